The third kappa shape index (κ3) is 3.22. The van der Waals surface area contributed by atoms with E-state index >= 15 is 0 Å². The standard InChI is InChI=1S/C16H19N3O5/c20-12-5-6-13(21)18(12)9-10-1-3-11(4-2-10)16(24)17-19-14(22)7-8-15(19)23/h5-6,10-11H,1-4,7-9H2,(H,17,24). The van der Waals surface area contributed by atoms with Crippen LogP contribution in [0.15, 0.2) is 12.2 Å². The van der Waals surface area contributed by atoms with Crippen LogP contribution in [0.2, 0.25) is 0 Å². The van der Waals surface area contributed by atoms with Gasteiger partial charge in [0.2, 0.25) is 17.7 Å². The number of nitrogens with one attached hydrogen (secondary N) is 1. The highest BCUT2D eigenvalue weighted by molar-refractivity contribution is 6.12. The van der Waals surface area contributed by atoms with Crippen molar-refractivity contribution in [2.75, 3.05) is 6.54 Å². The molecule has 0 atom stereocenters. The minimum absolute atomic E-state index is 0.137. The molecular weight excluding hydrogens is 314 g/mol. The molecule has 24 heavy (non-hydrogen) atoms. The van der Waals surface area contributed by atoms with Gasteiger partial charge in [-0.3, -0.25) is 34.3 Å². The van der Waals surface area contributed by atoms with Crippen molar-refractivity contribution < 1.29 is 24.0 Å². The van der Waals surface area contributed by atoms with Gasteiger partial charge in [-0.2, -0.15) is 5.01 Å². The van der Waals surface area contributed by atoms with E-state index < -0.39 is 0 Å². The highest BCUT2D eigenvalue weighted by atomic mass is 16.2. The van der Waals surface area contributed by atoms with Crippen LogP contribution < -0.4 is 5.43 Å². The van der Waals surface area contributed by atoms with Crippen LogP contribution in [-0.4, -0.2) is 46.0 Å². The SMILES string of the molecule is O=C(NN1C(=O)CCC1=O)C1CCC(CN2C(=O)C=CC2=O)CC1. The Morgan fingerprint density at radius 3 is 2.04 bits per heavy atom. The van der Waals surface area contributed by atoms with Crippen molar-refractivity contribution in [2.24, 2.45) is 11.8 Å². The van der Waals surface area contributed by atoms with Gasteiger partial charge in [-0.1, -0.05) is 0 Å². The number of hydrogen-bond donors (Lipinski definition) is 1. The first kappa shape index (κ1) is 16.4. The van der Waals surface area contributed by atoms with Crippen LogP contribution in [0.3, 0.4) is 0 Å². The molecule has 5 amide bonds. The maximum Gasteiger partial charge on any atom is 0.253 e. The normalized spacial score (nSPS) is 27.3. The van der Waals surface area contributed by atoms with Crippen LogP contribution in [0.4, 0.5) is 0 Å². The summed E-state index contributed by atoms with van der Waals surface area (Å²) >= 11 is 0. The summed E-state index contributed by atoms with van der Waals surface area (Å²) in [4.78, 5) is 59.6. The average molecular weight is 333 g/mol. The monoisotopic (exact) mass is 333 g/mol. The summed E-state index contributed by atoms with van der Waals surface area (Å²) in [6, 6.07) is 0. The zero-order valence-corrected chi connectivity index (χ0v) is 13.2. The van der Waals surface area contributed by atoms with Crippen molar-refractivity contribution in [3.63, 3.8) is 0 Å². The third-order valence-corrected chi connectivity index (χ3v) is 4.83. The highest BCUT2D eigenvalue weighted by Gasteiger charge is 2.35. The minimum atomic E-state index is -0.374. The molecule has 3 rings (SSSR count). The van der Waals surface area contributed by atoms with E-state index in [0.717, 1.165) is 17.9 Å². The number of carbonyl (C=O) groups is 5. The number of imide groups is 2. The zero-order valence-electron chi connectivity index (χ0n) is 13.2. The first-order valence-corrected chi connectivity index (χ1v) is 8.15. The van der Waals surface area contributed by atoms with Gasteiger partial charge in [-0.05, 0) is 31.6 Å². The van der Waals surface area contributed by atoms with Crippen molar-refractivity contribution in [1.82, 2.24) is 15.3 Å². The number of hydrogen-bond acceptors (Lipinski definition) is 5. The third-order valence-electron chi connectivity index (χ3n) is 4.83. The molecule has 1 saturated carbocycles. The number of nitrogens with zero attached hydrogens (tertiary/aromatic N) is 2. The maximum absolute atomic E-state index is 12.2. The molecule has 2 fully saturated rings. The second kappa shape index (κ2) is 6.54. The Morgan fingerprint density at radius 2 is 1.50 bits per heavy atom. The van der Waals surface area contributed by atoms with Crippen LogP contribution in [0.25, 0.3) is 0 Å². The molecule has 0 bridgehead atoms. The molecule has 0 aromatic rings. The van der Waals surface area contributed by atoms with Gasteiger partial charge >= 0.3 is 0 Å². The zero-order chi connectivity index (χ0) is 17.3. The fraction of sp³-hybridized carbons (Fsp3) is 0.562. The molecule has 1 N–H and O–H groups in total. The lowest BCUT2D eigenvalue weighted by molar-refractivity contribution is -0.149. The minimum Gasteiger partial charge on any atom is -0.275 e. The van der Waals surface area contributed by atoms with Gasteiger partial charge in [-0.25, -0.2) is 0 Å². The van der Waals surface area contributed by atoms with Crippen molar-refractivity contribution in [2.45, 2.75) is 38.5 Å². The van der Waals surface area contributed by atoms with Gasteiger partial charge in [0.1, 0.15) is 0 Å². The van der Waals surface area contributed by atoms with E-state index in [1.165, 1.54) is 17.1 Å². The van der Waals surface area contributed by atoms with Crippen LogP contribution in [0.5, 0.6) is 0 Å². The van der Waals surface area contributed by atoms with Crippen LogP contribution >= 0.6 is 0 Å². The van der Waals surface area contributed by atoms with Crippen molar-refractivity contribution in [1.29, 1.82) is 0 Å². The summed E-state index contributed by atoms with van der Waals surface area (Å²) in [5.41, 5.74) is 2.42. The summed E-state index contributed by atoms with van der Waals surface area (Å²) in [6.45, 7) is 0.377. The topological polar surface area (TPSA) is 104 Å². The Bertz CT molecular complexity index is 600. The second-order valence-corrected chi connectivity index (χ2v) is 6.44. The van der Waals surface area contributed by atoms with Crippen molar-refractivity contribution in [3.8, 4) is 0 Å². The molecule has 3 aliphatic rings. The molecule has 1 saturated heterocycles. The van der Waals surface area contributed by atoms with E-state index in [0.29, 0.717) is 19.4 Å². The van der Waals surface area contributed by atoms with Gasteiger partial charge in [0, 0.05) is 37.5 Å². The van der Waals surface area contributed by atoms with Crippen LogP contribution in [0.1, 0.15) is 38.5 Å². The van der Waals surface area contributed by atoms with E-state index in [1.807, 2.05) is 0 Å². The van der Waals surface area contributed by atoms with Crippen LogP contribution in [0, 0.1) is 11.8 Å². The summed E-state index contributed by atoms with van der Waals surface area (Å²) in [5.74, 6) is -1.72. The molecule has 0 radical (unpaired) electrons. The van der Waals surface area contributed by atoms with E-state index in [4.69, 9.17) is 0 Å². The lowest BCUT2D eigenvalue weighted by Crippen LogP contribution is -2.48. The summed E-state index contributed by atoms with van der Waals surface area (Å²) in [6.07, 6.45) is 5.47. The summed E-state index contributed by atoms with van der Waals surface area (Å²) in [7, 11) is 0. The fourth-order valence-electron chi connectivity index (χ4n) is 3.38. The molecule has 8 heteroatoms. The Morgan fingerprint density at radius 1 is 0.958 bits per heavy atom. The number of amides is 5. The largest absolute Gasteiger partial charge is 0.275 e. The fourth-order valence-corrected chi connectivity index (χ4v) is 3.38. The van der Waals surface area contributed by atoms with E-state index in [2.05, 4.69) is 5.43 Å². The molecule has 0 aromatic heterocycles. The van der Waals surface area contributed by atoms with Gasteiger partial charge in [0.05, 0.1) is 0 Å². The van der Waals surface area contributed by atoms with Crippen molar-refractivity contribution in [3.05, 3.63) is 12.2 Å². The summed E-state index contributed by atoms with van der Waals surface area (Å²) in [5, 5.41) is 0.821. The van der Waals surface area contributed by atoms with Crippen LogP contribution in [-0.2, 0) is 24.0 Å². The van der Waals surface area contributed by atoms with Crippen molar-refractivity contribution >= 4 is 29.5 Å². The molecule has 0 aromatic carbocycles. The molecule has 0 unspecified atom stereocenters. The molecule has 2 heterocycles. The number of rotatable bonds is 4. The predicted octanol–water partition coefficient (Wildman–Crippen LogP) is -0.102. The lowest BCUT2D eigenvalue weighted by Gasteiger charge is -2.30. The second-order valence-electron chi connectivity index (χ2n) is 6.44. The highest BCUT2D eigenvalue weighted by Crippen LogP contribution is 2.30. The van der Waals surface area contributed by atoms with E-state index in [1.54, 1.807) is 0 Å². The quantitative estimate of drug-likeness (QED) is 0.724. The molecular formula is C16H19N3O5. The number of hydrazine groups is 1. The Labute approximate surface area is 138 Å². The average Bonchev–Trinajstić information content (AvgIpc) is 3.05. The van der Waals surface area contributed by atoms with Gasteiger partial charge in [0.15, 0.2) is 0 Å². The Balaban J connectivity index is 1.47. The maximum atomic E-state index is 12.2. The van der Waals surface area contributed by atoms with E-state index in [9.17, 15) is 24.0 Å². The molecule has 128 valence electrons. The first-order valence-electron chi connectivity index (χ1n) is 8.15. The summed E-state index contributed by atoms with van der Waals surface area (Å²) < 4.78 is 0. The molecule has 8 nitrogen and oxygen atoms in total. The number of carbonyl (C=O) groups excluding carboxylic acids is 5. The van der Waals surface area contributed by atoms with Gasteiger partial charge in [-0.15, -0.1) is 0 Å². The predicted molar refractivity (Wildman–Crippen MR) is 80.5 cm³/mol. The van der Waals surface area contributed by atoms with Gasteiger partial charge in [0.25, 0.3) is 11.8 Å². The molecule has 1 aliphatic carbocycles. The molecule has 0 spiro atoms. The van der Waals surface area contributed by atoms with E-state index in [-0.39, 0.29) is 54.2 Å². The first-order chi connectivity index (χ1) is 11.5. The molecule has 2 aliphatic heterocycles. The van der Waals surface area contributed by atoms with Gasteiger partial charge < -0.3 is 0 Å². The Kier molecular flexibility index (Phi) is 4.46. The Hall–Kier alpha value is -2.51. The smallest absolute Gasteiger partial charge is 0.253 e. The lowest BCUT2D eigenvalue weighted by atomic mass is 9.81.